The van der Waals surface area contributed by atoms with Gasteiger partial charge in [-0.15, -0.1) is 0 Å². The average molecular weight is 359 g/mol. The van der Waals surface area contributed by atoms with Crippen LogP contribution in [0, 0.1) is 17.7 Å². The normalized spacial score (nSPS) is 14.0. The Morgan fingerprint density at radius 1 is 1.04 bits per heavy atom. The molecule has 1 heterocycles. The summed E-state index contributed by atoms with van der Waals surface area (Å²) >= 11 is 0. The van der Waals surface area contributed by atoms with Gasteiger partial charge < -0.3 is 10.2 Å². The number of hydrogen-bond acceptors (Lipinski definition) is 3. The van der Waals surface area contributed by atoms with E-state index in [1.807, 2.05) is 13.0 Å². The maximum atomic E-state index is 13.4. The van der Waals surface area contributed by atoms with Gasteiger partial charge in [0.2, 0.25) is 0 Å². The Morgan fingerprint density at radius 2 is 1.73 bits per heavy atom. The minimum absolute atomic E-state index is 0.0659. The van der Waals surface area contributed by atoms with Crippen molar-refractivity contribution < 1.29 is 14.6 Å². The minimum atomic E-state index is -0.458. The van der Waals surface area contributed by atoms with Crippen molar-refractivity contribution in [3.05, 3.63) is 47.5 Å². The number of aliphatic hydroxyl groups is 1. The molecule has 0 spiro atoms. The molecule has 142 valence electrons. The molecular weight excluding hydrogens is 329 g/mol. The number of rotatable bonds is 7. The zero-order chi connectivity index (χ0) is 19.4. The number of nitrogens with zero attached hydrogens (tertiary/aromatic N) is 1. The molecule has 1 aromatic carbocycles. The number of phenols is 1. The van der Waals surface area contributed by atoms with Gasteiger partial charge >= 0.3 is 0 Å². The second-order valence-electron chi connectivity index (χ2n) is 7.83. The van der Waals surface area contributed by atoms with Crippen LogP contribution in [-0.4, -0.2) is 21.3 Å². The standard InChI is InChI=1S/C22H30FNO2/c1-13(2)16(10-15(5)25)11-20-18(8-9-24-22(20)14(3)4)19-7-6-17(23)12-21(19)26/h6-9,12-16,25-26H,10-11H2,1-5H3. The fraction of sp³-hybridized carbons (Fsp3) is 0.500. The zero-order valence-electron chi connectivity index (χ0n) is 16.3. The third-order valence-corrected chi connectivity index (χ3v) is 4.94. The first kappa shape index (κ1) is 20.4. The molecule has 4 heteroatoms. The SMILES string of the molecule is CC(O)CC(Cc1c(-c2ccc(F)cc2O)ccnc1C(C)C)C(C)C. The maximum absolute atomic E-state index is 13.4. The number of phenolic OH excluding ortho intramolecular Hbond substituents is 1. The lowest BCUT2D eigenvalue weighted by Gasteiger charge is -2.26. The summed E-state index contributed by atoms with van der Waals surface area (Å²) in [6, 6.07) is 6.01. The average Bonchev–Trinajstić information content (AvgIpc) is 2.54. The topological polar surface area (TPSA) is 53.4 Å². The summed E-state index contributed by atoms with van der Waals surface area (Å²) in [6.07, 6.45) is 2.84. The van der Waals surface area contributed by atoms with Crippen LogP contribution in [0.4, 0.5) is 4.39 Å². The highest BCUT2D eigenvalue weighted by atomic mass is 19.1. The smallest absolute Gasteiger partial charge is 0.126 e. The van der Waals surface area contributed by atoms with Gasteiger partial charge in [-0.2, -0.15) is 0 Å². The highest BCUT2D eigenvalue weighted by Gasteiger charge is 2.23. The van der Waals surface area contributed by atoms with Gasteiger partial charge in [-0.3, -0.25) is 4.98 Å². The fourth-order valence-electron chi connectivity index (χ4n) is 3.50. The van der Waals surface area contributed by atoms with E-state index in [-0.39, 0.29) is 23.7 Å². The van der Waals surface area contributed by atoms with E-state index in [9.17, 15) is 14.6 Å². The van der Waals surface area contributed by atoms with E-state index in [1.165, 1.54) is 6.07 Å². The third-order valence-electron chi connectivity index (χ3n) is 4.94. The van der Waals surface area contributed by atoms with Crippen LogP contribution in [0.5, 0.6) is 5.75 Å². The number of pyridine rings is 1. The fourth-order valence-corrected chi connectivity index (χ4v) is 3.50. The Bertz CT molecular complexity index is 741. The van der Waals surface area contributed by atoms with E-state index < -0.39 is 5.82 Å². The Labute approximate surface area is 155 Å². The summed E-state index contributed by atoms with van der Waals surface area (Å²) < 4.78 is 13.4. The first-order valence-corrected chi connectivity index (χ1v) is 9.35. The summed E-state index contributed by atoms with van der Waals surface area (Å²) in [4.78, 5) is 4.58. The second kappa shape index (κ2) is 8.63. The number of aromatic nitrogens is 1. The molecule has 3 nitrogen and oxygen atoms in total. The van der Waals surface area contributed by atoms with Crippen LogP contribution in [0.15, 0.2) is 30.5 Å². The molecule has 2 aromatic rings. The molecule has 2 N–H and O–H groups in total. The van der Waals surface area contributed by atoms with E-state index in [0.717, 1.165) is 29.3 Å². The van der Waals surface area contributed by atoms with Gasteiger partial charge in [-0.25, -0.2) is 4.39 Å². The monoisotopic (exact) mass is 359 g/mol. The van der Waals surface area contributed by atoms with Crippen LogP contribution in [0.25, 0.3) is 11.1 Å². The van der Waals surface area contributed by atoms with Crippen molar-refractivity contribution in [2.75, 3.05) is 0 Å². The molecule has 0 aliphatic heterocycles. The van der Waals surface area contributed by atoms with Crippen LogP contribution < -0.4 is 0 Å². The van der Waals surface area contributed by atoms with Gasteiger partial charge in [0.15, 0.2) is 0 Å². The molecule has 1 aromatic heterocycles. The maximum Gasteiger partial charge on any atom is 0.126 e. The molecule has 26 heavy (non-hydrogen) atoms. The first-order valence-electron chi connectivity index (χ1n) is 9.35. The van der Waals surface area contributed by atoms with E-state index in [1.54, 1.807) is 12.3 Å². The van der Waals surface area contributed by atoms with E-state index in [2.05, 4.69) is 32.7 Å². The van der Waals surface area contributed by atoms with Gasteiger partial charge in [0, 0.05) is 23.5 Å². The van der Waals surface area contributed by atoms with Crippen molar-refractivity contribution in [1.29, 1.82) is 0 Å². The molecule has 0 saturated carbocycles. The Balaban J connectivity index is 2.57. The highest BCUT2D eigenvalue weighted by Crippen LogP contribution is 2.37. The molecule has 0 fully saturated rings. The van der Waals surface area contributed by atoms with Crippen molar-refractivity contribution in [3.63, 3.8) is 0 Å². The summed E-state index contributed by atoms with van der Waals surface area (Å²) in [7, 11) is 0. The molecule has 0 aliphatic rings. The van der Waals surface area contributed by atoms with Crippen molar-refractivity contribution in [2.24, 2.45) is 11.8 Å². The molecule has 0 saturated heterocycles. The van der Waals surface area contributed by atoms with Crippen LogP contribution in [0.1, 0.15) is 58.2 Å². The van der Waals surface area contributed by atoms with E-state index >= 15 is 0 Å². The van der Waals surface area contributed by atoms with Crippen molar-refractivity contribution in [1.82, 2.24) is 4.98 Å². The number of aromatic hydroxyl groups is 1. The predicted molar refractivity (Wildman–Crippen MR) is 104 cm³/mol. The summed E-state index contributed by atoms with van der Waals surface area (Å²) in [5.41, 5.74) is 3.56. The lowest BCUT2D eigenvalue weighted by atomic mass is 9.81. The summed E-state index contributed by atoms with van der Waals surface area (Å²) in [6.45, 7) is 10.3. The number of hydrogen-bond donors (Lipinski definition) is 2. The number of halogens is 1. The molecule has 2 atom stereocenters. The minimum Gasteiger partial charge on any atom is -0.507 e. The van der Waals surface area contributed by atoms with Crippen LogP contribution in [0.3, 0.4) is 0 Å². The molecule has 2 unspecified atom stereocenters. The lowest BCUT2D eigenvalue weighted by molar-refractivity contribution is 0.145. The predicted octanol–water partition coefficient (Wildman–Crippen LogP) is 5.30. The van der Waals surface area contributed by atoms with Gasteiger partial charge in [0.25, 0.3) is 0 Å². The van der Waals surface area contributed by atoms with Gasteiger partial charge in [0.1, 0.15) is 11.6 Å². The molecule has 0 bridgehead atoms. The second-order valence-corrected chi connectivity index (χ2v) is 7.83. The van der Waals surface area contributed by atoms with E-state index in [4.69, 9.17) is 0 Å². The molecular formula is C22H30FNO2. The Hall–Kier alpha value is -1.94. The van der Waals surface area contributed by atoms with Crippen molar-refractivity contribution in [3.8, 4) is 16.9 Å². The van der Waals surface area contributed by atoms with Gasteiger partial charge in [0.05, 0.1) is 6.10 Å². The van der Waals surface area contributed by atoms with Crippen LogP contribution in [-0.2, 0) is 6.42 Å². The zero-order valence-corrected chi connectivity index (χ0v) is 16.3. The quantitative estimate of drug-likeness (QED) is 0.705. The number of benzene rings is 1. The Kier molecular flexibility index (Phi) is 6.76. The first-order chi connectivity index (χ1) is 12.2. The van der Waals surface area contributed by atoms with E-state index in [0.29, 0.717) is 17.9 Å². The molecule has 0 aliphatic carbocycles. The highest BCUT2D eigenvalue weighted by molar-refractivity contribution is 5.73. The number of aliphatic hydroxyl groups excluding tert-OH is 1. The molecule has 0 radical (unpaired) electrons. The molecule has 2 rings (SSSR count). The largest absolute Gasteiger partial charge is 0.507 e. The summed E-state index contributed by atoms with van der Waals surface area (Å²) in [5.74, 6) is 0.397. The molecule has 0 amide bonds. The van der Waals surface area contributed by atoms with Gasteiger partial charge in [-0.1, -0.05) is 27.7 Å². The van der Waals surface area contributed by atoms with Crippen molar-refractivity contribution >= 4 is 0 Å². The van der Waals surface area contributed by atoms with Crippen LogP contribution in [0.2, 0.25) is 0 Å². The summed E-state index contributed by atoms with van der Waals surface area (Å²) in [5, 5.41) is 20.2. The Morgan fingerprint density at radius 3 is 2.27 bits per heavy atom. The third kappa shape index (κ3) is 4.82. The lowest BCUT2D eigenvalue weighted by Crippen LogP contribution is -2.19. The van der Waals surface area contributed by atoms with Crippen molar-refractivity contribution in [2.45, 2.75) is 59.5 Å². The van der Waals surface area contributed by atoms with Gasteiger partial charge in [-0.05, 0) is 66.8 Å². The van der Waals surface area contributed by atoms with Crippen LogP contribution >= 0.6 is 0 Å².